The molecule has 0 unspecified atom stereocenters. The quantitative estimate of drug-likeness (QED) is 0.511. The first-order valence-corrected chi connectivity index (χ1v) is 5.02. The predicted molar refractivity (Wildman–Crippen MR) is 54.5 cm³/mol. The maximum atomic E-state index is 5.63. The van der Waals surface area contributed by atoms with Gasteiger partial charge in [-0.25, -0.2) is 0 Å². The first-order valence-electron chi connectivity index (χ1n) is 5.02. The van der Waals surface area contributed by atoms with Crippen molar-refractivity contribution in [2.45, 2.75) is 32.3 Å². The van der Waals surface area contributed by atoms with Crippen LogP contribution in [0.2, 0.25) is 0 Å². The van der Waals surface area contributed by atoms with Gasteiger partial charge in [0.15, 0.2) is 0 Å². The number of rotatable bonds is 5. The summed E-state index contributed by atoms with van der Waals surface area (Å²) < 4.78 is 5.63. The molecule has 2 nitrogen and oxygen atoms in total. The summed E-state index contributed by atoms with van der Waals surface area (Å²) in [6, 6.07) is 0. The number of nitrogens with one attached hydrogen (secondary N) is 1. The molecule has 0 amide bonds. The third-order valence-corrected chi connectivity index (χ3v) is 2.44. The summed E-state index contributed by atoms with van der Waals surface area (Å²) in [5.74, 6) is 6.71. The fraction of sp³-hybridized carbons (Fsp3) is 0.818. The first-order chi connectivity index (χ1) is 6.36. The molecule has 0 saturated heterocycles. The maximum Gasteiger partial charge on any atom is 0.0581 e. The Bertz CT molecular complexity index is 186. The lowest BCUT2D eigenvalue weighted by Gasteiger charge is -2.34. The van der Waals surface area contributed by atoms with Crippen LogP contribution in [-0.4, -0.2) is 26.3 Å². The molecular weight excluding hydrogens is 162 g/mol. The van der Waals surface area contributed by atoms with Gasteiger partial charge in [0.05, 0.1) is 12.7 Å². The van der Waals surface area contributed by atoms with E-state index in [2.05, 4.69) is 17.2 Å². The van der Waals surface area contributed by atoms with Crippen molar-refractivity contribution in [3.8, 4) is 11.8 Å². The fourth-order valence-electron chi connectivity index (χ4n) is 1.67. The van der Waals surface area contributed by atoms with Crippen LogP contribution in [0.4, 0.5) is 0 Å². The Hall–Kier alpha value is -0.520. The van der Waals surface area contributed by atoms with E-state index in [1.807, 2.05) is 14.0 Å². The van der Waals surface area contributed by atoms with Crippen molar-refractivity contribution in [2.24, 2.45) is 5.92 Å². The average molecular weight is 181 g/mol. The first kappa shape index (κ1) is 10.6. The monoisotopic (exact) mass is 181 g/mol. The summed E-state index contributed by atoms with van der Waals surface area (Å²) in [6.45, 7) is 3.80. The molecule has 1 rings (SSSR count). The van der Waals surface area contributed by atoms with Gasteiger partial charge in [0, 0.05) is 6.42 Å². The van der Waals surface area contributed by atoms with Gasteiger partial charge in [0.1, 0.15) is 0 Å². The number of hydrogen-bond donors (Lipinski definition) is 1. The van der Waals surface area contributed by atoms with Crippen LogP contribution < -0.4 is 5.32 Å². The molecule has 0 aliphatic heterocycles. The van der Waals surface area contributed by atoms with Crippen molar-refractivity contribution in [1.29, 1.82) is 0 Å². The molecular formula is C11H19NO. The molecule has 1 saturated carbocycles. The molecule has 1 fully saturated rings. The van der Waals surface area contributed by atoms with E-state index in [-0.39, 0.29) is 0 Å². The van der Waals surface area contributed by atoms with Gasteiger partial charge in [-0.05, 0) is 39.3 Å². The third kappa shape index (κ3) is 3.80. The van der Waals surface area contributed by atoms with Gasteiger partial charge in [-0.2, -0.15) is 0 Å². The largest absolute Gasteiger partial charge is 0.377 e. The lowest BCUT2D eigenvalue weighted by Crippen LogP contribution is -2.37. The normalized spacial score (nSPS) is 26.0. The van der Waals surface area contributed by atoms with Crippen molar-refractivity contribution in [3.05, 3.63) is 0 Å². The molecule has 1 aliphatic carbocycles. The van der Waals surface area contributed by atoms with Gasteiger partial charge in [-0.15, -0.1) is 11.8 Å². The molecule has 13 heavy (non-hydrogen) atoms. The Morgan fingerprint density at radius 1 is 1.46 bits per heavy atom. The molecule has 0 atom stereocenters. The number of ether oxygens (including phenoxy) is 1. The van der Waals surface area contributed by atoms with Gasteiger partial charge >= 0.3 is 0 Å². The van der Waals surface area contributed by atoms with Crippen LogP contribution in [-0.2, 0) is 4.74 Å². The molecule has 0 heterocycles. The average Bonchev–Trinajstić information content (AvgIpc) is 2.07. The fourth-order valence-corrected chi connectivity index (χ4v) is 1.67. The molecule has 0 aromatic rings. The zero-order valence-corrected chi connectivity index (χ0v) is 8.60. The lowest BCUT2D eigenvalue weighted by molar-refractivity contribution is -0.0268. The molecule has 1 N–H and O–H groups in total. The van der Waals surface area contributed by atoms with E-state index in [1.54, 1.807) is 0 Å². The van der Waals surface area contributed by atoms with Crippen molar-refractivity contribution in [2.75, 3.05) is 20.2 Å². The van der Waals surface area contributed by atoms with E-state index in [0.717, 1.165) is 25.5 Å². The van der Waals surface area contributed by atoms with Gasteiger partial charge < -0.3 is 10.1 Å². The smallest absolute Gasteiger partial charge is 0.0581 e. The van der Waals surface area contributed by atoms with Crippen LogP contribution in [0.25, 0.3) is 0 Å². The summed E-state index contributed by atoms with van der Waals surface area (Å²) in [7, 11) is 2.00. The third-order valence-electron chi connectivity index (χ3n) is 2.44. The van der Waals surface area contributed by atoms with Crippen molar-refractivity contribution in [3.63, 3.8) is 0 Å². The second-order valence-electron chi connectivity index (χ2n) is 3.56. The summed E-state index contributed by atoms with van der Waals surface area (Å²) in [5, 5.41) is 3.19. The van der Waals surface area contributed by atoms with E-state index >= 15 is 0 Å². The Morgan fingerprint density at radius 3 is 2.85 bits per heavy atom. The molecule has 0 spiro atoms. The van der Waals surface area contributed by atoms with Crippen LogP contribution in [0, 0.1) is 17.8 Å². The second-order valence-corrected chi connectivity index (χ2v) is 3.56. The van der Waals surface area contributed by atoms with Crippen LogP contribution in [0.5, 0.6) is 0 Å². The summed E-state index contributed by atoms with van der Waals surface area (Å²) in [5.41, 5.74) is 0. The summed E-state index contributed by atoms with van der Waals surface area (Å²) >= 11 is 0. The van der Waals surface area contributed by atoms with Crippen LogP contribution in [0.1, 0.15) is 26.2 Å². The van der Waals surface area contributed by atoms with Crippen molar-refractivity contribution in [1.82, 2.24) is 5.32 Å². The highest BCUT2D eigenvalue weighted by molar-refractivity contribution is 4.94. The Balaban J connectivity index is 1.91. The van der Waals surface area contributed by atoms with Crippen LogP contribution >= 0.6 is 0 Å². The zero-order chi connectivity index (χ0) is 9.52. The van der Waals surface area contributed by atoms with Gasteiger partial charge in [0.25, 0.3) is 0 Å². The minimum atomic E-state index is 0.511. The highest BCUT2D eigenvalue weighted by Gasteiger charge is 2.28. The van der Waals surface area contributed by atoms with E-state index < -0.39 is 0 Å². The van der Waals surface area contributed by atoms with E-state index in [4.69, 9.17) is 4.74 Å². The van der Waals surface area contributed by atoms with E-state index in [0.29, 0.717) is 6.10 Å². The van der Waals surface area contributed by atoms with Gasteiger partial charge in [0.2, 0.25) is 0 Å². The lowest BCUT2D eigenvalue weighted by atomic mass is 9.82. The molecule has 74 valence electrons. The highest BCUT2D eigenvalue weighted by atomic mass is 16.5. The van der Waals surface area contributed by atoms with Crippen LogP contribution in [0.3, 0.4) is 0 Å². The van der Waals surface area contributed by atoms with Gasteiger partial charge in [-0.3, -0.25) is 0 Å². The Kier molecular flexibility index (Phi) is 4.88. The number of hydrogen-bond acceptors (Lipinski definition) is 2. The van der Waals surface area contributed by atoms with Gasteiger partial charge in [-0.1, -0.05) is 0 Å². The molecule has 0 aromatic heterocycles. The minimum Gasteiger partial charge on any atom is -0.377 e. The SMILES string of the molecule is CC#CCCOC1CC(CNC)C1. The Morgan fingerprint density at radius 2 is 2.23 bits per heavy atom. The molecule has 1 aliphatic rings. The molecule has 0 radical (unpaired) electrons. The molecule has 0 bridgehead atoms. The zero-order valence-electron chi connectivity index (χ0n) is 8.60. The van der Waals surface area contributed by atoms with E-state index in [1.165, 1.54) is 12.8 Å². The Labute approximate surface area is 81.0 Å². The minimum absolute atomic E-state index is 0.511. The van der Waals surface area contributed by atoms with E-state index in [9.17, 15) is 0 Å². The standard InChI is InChI=1S/C11H19NO/c1-3-4-5-6-13-11-7-10(8-11)9-12-2/h10-12H,5-9H2,1-2H3. The molecule has 2 heteroatoms. The predicted octanol–water partition coefficient (Wildman–Crippen LogP) is 1.41. The molecule has 0 aromatic carbocycles. The van der Waals surface area contributed by atoms with Crippen LogP contribution in [0.15, 0.2) is 0 Å². The van der Waals surface area contributed by atoms with Crippen molar-refractivity contribution >= 4 is 0 Å². The van der Waals surface area contributed by atoms with Crippen molar-refractivity contribution < 1.29 is 4.74 Å². The maximum absolute atomic E-state index is 5.63. The second kappa shape index (κ2) is 6.01. The summed E-state index contributed by atoms with van der Waals surface area (Å²) in [6.07, 6.45) is 3.84. The topological polar surface area (TPSA) is 21.3 Å². The highest BCUT2D eigenvalue weighted by Crippen LogP contribution is 2.29. The summed E-state index contributed by atoms with van der Waals surface area (Å²) in [4.78, 5) is 0.